The number of nitrogen functional groups attached to an aromatic ring is 1. The zero-order valence-electron chi connectivity index (χ0n) is 36.6. The quantitative estimate of drug-likeness (QED) is 0.0264. The monoisotopic (exact) mass is 1170 g/mol. The van der Waals surface area contributed by atoms with Gasteiger partial charge in [0.2, 0.25) is 16.9 Å². The Morgan fingerprint density at radius 2 is 1.30 bits per heavy atom. The number of nitrogens with two attached hydrogens (primary N) is 1. The van der Waals surface area contributed by atoms with E-state index in [1.165, 1.54) is 24.3 Å². The number of sulfone groups is 1. The minimum Gasteiger partial charge on any atom is -0.505 e. The molecule has 0 fully saturated rings. The van der Waals surface area contributed by atoms with Crippen LogP contribution in [-0.4, -0.2) is 135 Å². The summed E-state index contributed by atoms with van der Waals surface area (Å²) in [6, 6.07) is 16.2. The predicted molar refractivity (Wildman–Crippen MR) is 260 cm³/mol. The zero-order valence-corrected chi connectivity index (χ0v) is 44.3. The minimum atomic E-state index is -5.43. The van der Waals surface area contributed by atoms with Crippen LogP contribution >= 0.6 is 11.6 Å². The van der Waals surface area contributed by atoms with E-state index in [0.717, 1.165) is 42.5 Å². The van der Waals surface area contributed by atoms with Crippen LogP contribution in [0.5, 0.6) is 5.75 Å². The summed E-state index contributed by atoms with van der Waals surface area (Å²) >= 11 is 6.26. The van der Waals surface area contributed by atoms with Crippen molar-refractivity contribution >= 4 is 169 Å². The number of hydrogen-bond acceptors (Lipinski definition) is 23. The van der Waals surface area contributed by atoms with Gasteiger partial charge in [0.1, 0.15) is 31.7 Å². The maximum Gasteiger partial charge on any atom is 0.397 e. The smallest absolute Gasteiger partial charge is 0.397 e. The molecule has 37 heteroatoms. The summed E-state index contributed by atoms with van der Waals surface area (Å²) < 4.78 is 200. The second-order valence-corrected chi connectivity index (χ2v) is 23.7. The molecule has 7 aromatic rings. The molecule has 6 aromatic carbocycles. The predicted octanol–water partition coefficient (Wildman–Crippen LogP) is 5.06. The maximum atomic E-state index is 12.7. The molecule has 0 aliphatic carbocycles. The summed E-state index contributed by atoms with van der Waals surface area (Å²) in [4.78, 5) is 10.5. The number of aromatic amines is 1. The van der Waals surface area contributed by atoms with E-state index in [2.05, 4.69) is 49.9 Å². The molecule has 1 radical (unpaired) electrons. The molecule has 0 saturated heterocycles. The average Bonchev–Trinajstić information content (AvgIpc) is 3.26. The average molecular weight is 1170 g/mol. The van der Waals surface area contributed by atoms with Crippen LogP contribution in [0.1, 0.15) is 0 Å². The van der Waals surface area contributed by atoms with E-state index < -0.39 is 154 Å². The first-order valence-electron chi connectivity index (χ1n) is 19.2. The molecule has 29 nitrogen and oxygen atoms in total. The molecular weight excluding hydrogens is 1140 g/mol. The van der Waals surface area contributed by atoms with E-state index in [1.54, 1.807) is 6.07 Å². The molecular formula is C37H29ClN10NaO19S6. The number of nitrogens with zero attached hydrogens (tertiary/aromatic N) is 7. The van der Waals surface area contributed by atoms with Gasteiger partial charge < -0.3 is 16.2 Å². The zero-order chi connectivity index (χ0) is 53.6. The summed E-state index contributed by atoms with van der Waals surface area (Å²) in [5, 5.41) is 28.3. The number of nitrogens with one attached hydrogen (secondary N) is 2. The van der Waals surface area contributed by atoms with Crippen molar-refractivity contribution in [3.05, 3.63) is 102 Å². The van der Waals surface area contributed by atoms with E-state index in [1.807, 2.05) is 0 Å². The van der Waals surface area contributed by atoms with Gasteiger partial charge in [-0.1, -0.05) is 30.3 Å². The van der Waals surface area contributed by atoms with Crippen LogP contribution in [0.2, 0.25) is 5.28 Å². The first kappa shape index (κ1) is 57.3. The third-order valence-corrected chi connectivity index (χ3v) is 15.5. The van der Waals surface area contributed by atoms with Gasteiger partial charge >= 0.3 is 10.4 Å². The van der Waals surface area contributed by atoms with Gasteiger partial charge in [-0.2, -0.15) is 57.2 Å². The van der Waals surface area contributed by atoms with E-state index in [4.69, 9.17) is 21.9 Å². The molecule has 7 rings (SSSR count). The minimum absolute atomic E-state index is 0. The number of H-pyrrole nitrogens is 1. The number of hydrogen-bond donors (Lipinski definition) is 9. The number of phenols is 1. The number of halogens is 1. The first-order valence-corrected chi connectivity index (χ1v) is 28.4. The summed E-state index contributed by atoms with van der Waals surface area (Å²) in [6.45, 7) is -0.910. The number of fused-ring (bicyclic) bond motifs is 2. The van der Waals surface area contributed by atoms with Crippen molar-refractivity contribution in [2.45, 2.75) is 24.5 Å². The molecule has 0 atom stereocenters. The molecule has 0 amide bonds. The van der Waals surface area contributed by atoms with Gasteiger partial charge in [0, 0.05) is 34.9 Å². The Kier molecular flexibility index (Phi) is 16.5. The van der Waals surface area contributed by atoms with Gasteiger partial charge in [-0.05, 0) is 83.0 Å². The van der Waals surface area contributed by atoms with E-state index >= 15 is 0 Å². The molecule has 1 aromatic heterocycles. The van der Waals surface area contributed by atoms with E-state index in [9.17, 15) is 73.8 Å². The summed E-state index contributed by atoms with van der Waals surface area (Å²) in [5.74, 6) is -2.60. The Labute approximate surface area is 444 Å². The number of aromatic nitrogens is 3. The van der Waals surface area contributed by atoms with Crippen molar-refractivity contribution in [1.82, 2.24) is 15.0 Å². The fourth-order valence-electron chi connectivity index (χ4n) is 6.55. The van der Waals surface area contributed by atoms with Gasteiger partial charge in [-0.15, -0.1) is 15.3 Å². The summed E-state index contributed by atoms with van der Waals surface area (Å²) in [5.41, 5.74) is 1.65. The second-order valence-electron chi connectivity index (χ2n) is 14.5. The van der Waals surface area contributed by atoms with Crippen LogP contribution in [-0.2, 0) is 64.9 Å². The Balaban J connectivity index is 0.00000892. The number of anilines is 3. The Hall–Kier alpha value is -6.00. The molecule has 0 bridgehead atoms. The second kappa shape index (κ2) is 21.3. The van der Waals surface area contributed by atoms with Gasteiger partial charge in [0.25, 0.3) is 40.5 Å². The topological polar surface area (TPSA) is 477 Å². The number of azo groups is 2. The molecule has 10 N–H and O–H groups in total. The Morgan fingerprint density at radius 3 is 1.92 bits per heavy atom. The Bertz CT molecular complexity index is 4300. The van der Waals surface area contributed by atoms with Gasteiger partial charge in [-0.25, -0.2) is 17.6 Å². The standard InChI is InChI=1S/C37H29ClN10O19S6.Na/c38-35-42-36(40-26-16-24(39)29(70(55,56)57)17-27(26)47-45-20-6-8-21(9-7-20)68(50,51)12-11-67-73(64,65)66)44-37(43-35)41-28-15-22(69(52,53)54)13-19-14-30(71(58,59)60)32(33(49)31(19)28)48-46-25-10-5-18-3-1-2-4-23(18)34(25)72(61,62)63;/h1-10,13-17,49H,11-12,39H2,(H,52,53,54)(H,55,56,57)(H,58,59,60)(H,61,62,63)(H,64,65,66)(H2,40,41,42,43,44);. The normalized spacial score (nSPS) is 13.2. The molecule has 0 aliphatic heterocycles. The van der Waals surface area contributed by atoms with Crippen molar-refractivity contribution in [3.63, 3.8) is 0 Å². The van der Waals surface area contributed by atoms with Crippen molar-refractivity contribution in [3.8, 4) is 5.75 Å². The van der Waals surface area contributed by atoms with Gasteiger partial charge in [0.15, 0.2) is 15.6 Å². The van der Waals surface area contributed by atoms with Gasteiger partial charge in [0.05, 0.1) is 50.3 Å². The summed E-state index contributed by atoms with van der Waals surface area (Å²) in [6.07, 6.45) is 0. The third-order valence-electron chi connectivity index (χ3n) is 9.62. The van der Waals surface area contributed by atoms with Crippen LogP contribution in [0, 0.1) is 0 Å². The van der Waals surface area contributed by atoms with Crippen LogP contribution in [0.15, 0.2) is 141 Å². The summed E-state index contributed by atoms with van der Waals surface area (Å²) in [7, 11) is -29.8. The number of phenolic OH excluding ortho intramolecular Hbond substituents is 1. The van der Waals surface area contributed by atoms with Crippen molar-refractivity contribution in [2.24, 2.45) is 25.4 Å². The SMILES string of the molecule is Nc1cc(Nc2nc(Cl)[nH]c(=Nc3cc(S(=O)(=O)O)cc4cc(S(=O)(=O)O)c(N=Nc5ccc6ccccc6c5S(=O)(=O)O)c(O)c34)n2)c(N=Nc2ccc(S(=O)(=O)CCOS(=O)(=O)O)cc2)cc1S(=O)(=O)O.[Na]. The molecule has 385 valence electrons. The fourth-order valence-corrected chi connectivity index (χ4v) is 10.9. The molecule has 0 unspecified atom stereocenters. The number of benzene rings is 6. The van der Waals surface area contributed by atoms with Gasteiger partial charge in [-0.3, -0.25) is 27.7 Å². The fraction of sp³-hybridized carbons (Fsp3) is 0.0541. The van der Waals surface area contributed by atoms with Crippen molar-refractivity contribution < 1.29 is 82.6 Å². The molecule has 0 spiro atoms. The largest absolute Gasteiger partial charge is 0.505 e. The molecule has 1 heterocycles. The number of aromatic hydroxyl groups is 1. The van der Waals surface area contributed by atoms with E-state index in [0.29, 0.717) is 23.6 Å². The molecule has 0 saturated carbocycles. The van der Waals surface area contributed by atoms with E-state index in [-0.39, 0.29) is 51.2 Å². The maximum absolute atomic E-state index is 12.7. The van der Waals surface area contributed by atoms with Crippen molar-refractivity contribution in [2.75, 3.05) is 23.4 Å². The third kappa shape index (κ3) is 13.4. The van der Waals surface area contributed by atoms with Crippen LogP contribution in [0.25, 0.3) is 21.5 Å². The number of rotatable bonds is 16. The van der Waals surface area contributed by atoms with Crippen molar-refractivity contribution in [1.29, 1.82) is 0 Å². The first-order chi connectivity index (χ1) is 33.8. The van der Waals surface area contributed by atoms with Crippen LogP contribution in [0.3, 0.4) is 0 Å². The Morgan fingerprint density at radius 1 is 0.649 bits per heavy atom. The van der Waals surface area contributed by atoms with Crippen LogP contribution in [0.4, 0.5) is 45.8 Å². The molecule has 0 aliphatic rings. The van der Waals surface area contributed by atoms with Crippen LogP contribution < -0.4 is 16.7 Å². The molecule has 74 heavy (non-hydrogen) atoms.